The molecule has 62 heavy (non-hydrogen) atoms. The van der Waals surface area contributed by atoms with Crippen LogP contribution in [0.2, 0.25) is 0 Å². The van der Waals surface area contributed by atoms with Gasteiger partial charge in [0.05, 0.1) is 31.3 Å². The second kappa shape index (κ2) is 22.5. The Kier molecular flexibility index (Phi) is 17.2. The molecule has 3 aromatic carbocycles. The number of carboxylic acid groups (broad SMARTS) is 1. The number of piperidine rings is 1. The summed E-state index contributed by atoms with van der Waals surface area (Å²) in [6.07, 6.45) is -4.62. The third kappa shape index (κ3) is 12.5. The van der Waals surface area contributed by atoms with Gasteiger partial charge in [-0.25, -0.2) is 0 Å². The first-order chi connectivity index (χ1) is 29.7. The lowest BCUT2D eigenvalue weighted by atomic mass is 9.97. The number of aryl methyl sites for hydroxylation is 1. The standard InChI is InChI=1S/C41H46N2O12.C6H15N/c1-24-33-22-32(54-37-36(51-25(2)44)38(40(48)49)55-41(53-27(4)46)39(37)52-26(3)45)16-17-34(33)43(35(24)29-10-12-30(47)13-11-29)23-28-8-14-31(15-9-28)50-21-20-42-18-6-5-7-19-42;1-4-7(5-2)6-3/h8-17,22,36-39,41,47H,5-7,18-21,23H2,1-4H3,(H,48,49);4-6H2,1-3H3/t36-,37-,38-,39+,41+;/m0./s1. The lowest BCUT2D eigenvalue weighted by Crippen LogP contribution is -3.11. The number of likely N-dealkylation sites (tertiary alicyclic amines) is 1. The molecule has 336 valence electrons. The van der Waals surface area contributed by atoms with E-state index in [1.165, 1.54) is 38.9 Å². The molecule has 15 heteroatoms. The fourth-order valence-electron chi connectivity index (χ4n) is 8.02. The van der Waals surface area contributed by atoms with Crippen LogP contribution >= 0.6 is 0 Å². The highest BCUT2D eigenvalue weighted by Crippen LogP contribution is 2.38. The van der Waals surface area contributed by atoms with Gasteiger partial charge in [0.25, 0.3) is 0 Å². The Bertz CT molecular complexity index is 2100. The highest BCUT2D eigenvalue weighted by molar-refractivity contribution is 5.92. The average molecular weight is 860 g/mol. The summed E-state index contributed by atoms with van der Waals surface area (Å²) in [5, 5.41) is 23.1. The summed E-state index contributed by atoms with van der Waals surface area (Å²) in [6.45, 7) is 19.9. The minimum Gasteiger partial charge on any atom is -0.547 e. The van der Waals surface area contributed by atoms with Crippen LogP contribution in [0.15, 0.2) is 66.7 Å². The van der Waals surface area contributed by atoms with Crippen LogP contribution in [0, 0.1) is 6.92 Å². The van der Waals surface area contributed by atoms with Gasteiger partial charge in [-0.15, -0.1) is 0 Å². The number of hydrogen-bond acceptors (Lipinski definition) is 13. The van der Waals surface area contributed by atoms with E-state index < -0.39 is 54.6 Å². The number of aromatic hydroxyl groups is 1. The molecule has 3 heterocycles. The molecule has 6 rings (SSSR count). The number of nitrogens with one attached hydrogen (secondary N) is 1. The number of rotatable bonds is 16. The summed E-state index contributed by atoms with van der Waals surface area (Å²) in [4.78, 5) is 52.8. The van der Waals surface area contributed by atoms with Crippen molar-refractivity contribution in [2.45, 2.75) is 105 Å². The molecule has 4 aromatic rings. The van der Waals surface area contributed by atoms with Crippen molar-refractivity contribution in [3.8, 4) is 28.5 Å². The number of benzene rings is 3. The molecule has 0 amide bonds. The van der Waals surface area contributed by atoms with Crippen LogP contribution in [0.4, 0.5) is 0 Å². The molecule has 0 spiro atoms. The smallest absolute Gasteiger partial charge is 0.305 e. The molecule has 0 radical (unpaired) electrons. The molecule has 0 unspecified atom stereocenters. The van der Waals surface area contributed by atoms with Gasteiger partial charge in [-0.3, -0.25) is 19.3 Å². The molecule has 5 atom stereocenters. The average Bonchev–Trinajstić information content (AvgIpc) is 3.51. The Morgan fingerprint density at radius 2 is 1.37 bits per heavy atom. The van der Waals surface area contributed by atoms with E-state index >= 15 is 0 Å². The summed E-state index contributed by atoms with van der Waals surface area (Å²) in [5.41, 5.74) is 4.44. The van der Waals surface area contributed by atoms with Gasteiger partial charge in [0.15, 0.2) is 12.2 Å². The summed E-state index contributed by atoms with van der Waals surface area (Å²) in [5.74, 6) is -3.17. The Morgan fingerprint density at radius 3 is 1.94 bits per heavy atom. The van der Waals surface area contributed by atoms with E-state index in [0.717, 1.165) is 79.4 Å². The van der Waals surface area contributed by atoms with Gasteiger partial charge < -0.3 is 52.9 Å². The maximum absolute atomic E-state index is 12.2. The molecule has 2 saturated heterocycles. The SMILES string of the molecule is CC(=O)O[C@@H]1O[C@H](C(=O)[O-])[C@@H](OC(C)=O)[C@H](Oc2ccc3c(c2)c(C)c(-c2ccc(O)cc2)n3Cc2ccc(OCCN3CCCCC3)cc2)[C@H]1OC(C)=O.CC[NH+](CC)CC. The number of carboxylic acids is 1. The van der Waals surface area contributed by atoms with E-state index in [9.17, 15) is 29.4 Å². The number of fused-ring (bicyclic) bond motifs is 1. The number of nitrogens with zero attached hydrogens (tertiary/aromatic N) is 2. The van der Waals surface area contributed by atoms with Gasteiger partial charge in [0, 0.05) is 44.8 Å². The fourth-order valence-corrected chi connectivity index (χ4v) is 8.02. The Balaban J connectivity index is 0.000000955. The van der Waals surface area contributed by atoms with E-state index in [0.29, 0.717) is 13.2 Å². The van der Waals surface area contributed by atoms with Crippen molar-refractivity contribution in [2.75, 3.05) is 45.9 Å². The summed E-state index contributed by atoms with van der Waals surface area (Å²) in [7, 11) is 0. The van der Waals surface area contributed by atoms with Crippen molar-refractivity contribution in [3.63, 3.8) is 0 Å². The Labute approximate surface area is 363 Å². The number of carbonyl (C=O) groups is 4. The molecule has 0 saturated carbocycles. The predicted molar refractivity (Wildman–Crippen MR) is 229 cm³/mol. The fraction of sp³-hybridized carbons (Fsp3) is 0.489. The molecule has 2 N–H and O–H groups in total. The lowest BCUT2D eigenvalue weighted by Gasteiger charge is -2.44. The van der Waals surface area contributed by atoms with Crippen LogP contribution in [-0.2, 0) is 44.7 Å². The predicted octanol–water partition coefficient (Wildman–Crippen LogP) is 3.82. The van der Waals surface area contributed by atoms with Crippen LogP contribution in [0.25, 0.3) is 22.2 Å². The zero-order valence-corrected chi connectivity index (χ0v) is 36.8. The molecule has 2 aliphatic heterocycles. The number of esters is 3. The van der Waals surface area contributed by atoms with Crippen molar-refractivity contribution >= 4 is 34.8 Å². The molecular weight excluding hydrogens is 799 g/mol. The lowest BCUT2D eigenvalue weighted by molar-refractivity contribution is -0.894. The van der Waals surface area contributed by atoms with Gasteiger partial charge >= 0.3 is 17.9 Å². The van der Waals surface area contributed by atoms with Crippen molar-refractivity contribution in [1.29, 1.82) is 0 Å². The highest BCUT2D eigenvalue weighted by Gasteiger charge is 2.53. The maximum atomic E-state index is 12.2. The second-order valence-corrected chi connectivity index (χ2v) is 15.6. The normalized spacial score (nSPS) is 20.2. The van der Waals surface area contributed by atoms with Gasteiger partial charge in [-0.1, -0.05) is 18.6 Å². The van der Waals surface area contributed by atoms with Gasteiger partial charge in [-0.2, -0.15) is 0 Å². The van der Waals surface area contributed by atoms with Crippen LogP contribution in [0.1, 0.15) is 71.9 Å². The minimum absolute atomic E-state index is 0.124. The van der Waals surface area contributed by atoms with Gasteiger partial charge in [0.1, 0.15) is 30.0 Å². The van der Waals surface area contributed by atoms with Crippen LogP contribution in [0.5, 0.6) is 17.2 Å². The number of ether oxygens (including phenoxy) is 6. The largest absolute Gasteiger partial charge is 0.547 e. The van der Waals surface area contributed by atoms with Crippen LogP contribution in [0.3, 0.4) is 0 Å². The third-order valence-corrected chi connectivity index (χ3v) is 11.2. The quantitative estimate of drug-likeness (QED) is 0.123. The number of quaternary nitrogens is 1. The third-order valence-electron chi connectivity index (χ3n) is 11.2. The number of aromatic nitrogens is 1. The number of aliphatic carboxylic acids is 1. The first-order valence-electron chi connectivity index (χ1n) is 21.5. The van der Waals surface area contributed by atoms with Crippen LogP contribution < -0.4 is 19.5 Å². The van der Waals surface area contributed by atoms with E-state index in [2.05, 4.69) is 30.2 Å². The molecule has 1 aromatic heterocycles. The van der Waals surface area contributed by atoms with E-state index in [1.807, 2.05) is 49.4 Å². The van der Waals surface area contributed by atoms with E-state index in [-0.39, 0.29) is 11.5 Å². The molecule has 2 fully saturated rings. The Hall–Kier alpha value is -5.64. The van der Waals surface area contributed by atoms with Crippen molar-refractivity contribution in [2.24, 2.45) is 0 Å². The monoisotopic (exact) mass is 859 g/mol. The van der Waals surface area contributed by atoms with E-state index in [4.69, 9.17) is 28.4 Å². The van der Waals surface area contributed by atoms with Crippen molar-refractivity contribution < 1.29 is 62.7 Å². The summed E-state index contributed by atoms with van der Waals surface area (Å²) in [6, 6.07) is 20.1. The number of hydrogen-bond donors (Lipinski definition) is 2. The zero-order chi connectivity index (χ0) is 44.9. The highest BCUT2D eigenvalue weighted by atomic mass is 16.7. The second-order valence-electron chi connectivity index (χ2n) is 15.6. The van der Waals surface area contributed by atoms with Crippen molar-refractivity contribution in [1.82, 2.24) is 9.47 Å². The zero-order valence-electron chi connectivity index (χ0n) is 36.8. The topological polar surface area (TPSA) is 180 Å². The number of carbonyl (C=O) groups excluding carboxylic acids is 4. The number of phenols is 1. The first kappa shape index (κ1) is 47.4. The minimum atomic E-state index is -1.94. The molecule has 0 aliphatic carbocycles. The van der Waals surface area contributed by atoms with Gasteiger partial charge in [-0.05, 0) is 125 Å². The maximum Gasteiger partial charge on any atom is 0.305 e. The molecular formula is C47H61N3O12. The van der Waals surface area contributed by atoms with E-state index in [1.54, 1.807) is 29.2 Å². The summed E-state index contributed by atoms with van der Waals surface area (Å²) >= 11 is 0. The first-order valence-corrected chi connectivity index (χ1v) is 21.5. The molecule has 15 nitrogen and oxygen atoms in total. The van der Waals surface area contributed by atoms with Crippen LogP contribution in [-0.4, -0.2) is 115 Å². The summed E-state index contributed by atoms with van der Waals surface area (Å²) < 4.78 is 36.0. The molecule has 0 bridgehead atoms. The van der Waals surface area contributed by atoms with Crippen molar-refractivity contribution in [3.05, 3.63) is 77.9 Å². The number of phenolic OH excluding ortho intramolecular Hbond substituents is 1. The Morgan fingerprint density at radius 1 is 0.774 bits per heavy atom. The van der Waals surface area contributed by atoms with Gasteiger partial charge in [0.2, 0.25) is 12.4 Å². The molecule has 2 aliphatic rings.